The summed E-state index contributed by atoms with van der Waals surface area (Å²) in [7, 11) is 0. The van der Waals surface area contributed by atoms with Crippen molar-refractivity contribution >= 4 is 44.9 Å². The first kappa shape index (κ1) is 26.6. The van der Waals surface area contributed by atoms with Crippen LogP contribution in [0.15, 0.2) is 218 Å². The lowest BCUT2D eigenvalue weighted by molar-refractivity contribution is 0.793. The highest BCUT2D eigenvalue weighted by atomic mass is 15.1. The molecule has 1 unspecified atom stereocenters. The molecule has 258 valence electrons. The van der Waals surface area contributed by atoms with E-state index in [0.717, 1.165) is 33.8 Å². The topological polar surface area (TPSA) is 6.48 Å². The molecular weight excluding hydrogens is 665 g/mol. The molecule has 1 atom stereocenters. The highest BCUT2D eigenvalue weighted by Gasteiger charge is 2.52. The molecule has 0 radical (unpaired) electrons. The first-order valence-electron chi connectivity index (χ1n) is 21.1. The Morgan fingerprint density at radius 2 is 0.800 bits per heavy atom. The van der Waals surface area contributed by atoms with E-state index in [1.54, 1.807) is 4.90 Å². The minimum atomic E-state index is -0.660. The van der Waals surface area contributed by atoms with Gasteiger partial charge >= 0.3 is 0 Å². The zero-order chi connectivity index (χ0) is 40.7. The molecule has 0 saturated heterocycles. The fraction of sp³-hybridized carbons (Fsp3) is 0.0189. The number of para-hydroxylation sites is 3. The lowest BCUT2D eigenvalue weighted by Crippen LogP contribution is -2.26. The SMILES string of the molecule is [2H]c1c([2H])c([2H])c(N(c2ccccc2)c2ccc3c(c2)-c2ccccc2C32c3ccccc3-c3ccc(N(c4ccccc4)c4ccc5ccccc5c4)cc32)c([2H])c1[2H]. The van der Waals surface area contributed by atoms with Gasteiger partial charge in [0.15, 0.2) is 0 Å². The normalized spacial score (nSPS) is 15.9. The van der Waals surface area contributed by atoms with Gasteiger partial charge in [0.25, 0.3) is 0 Å². The number of fused-ring (bicyclic) bond motifs is 11. The molecule has 0 fully saturated rings. The van der Waals surface area contributed by atoms with Crippen LogP contribution in [0.3, 0.4) is 0 Å². The van der Waals surface area contributed by atoms with Crippen LogP contribution >= 0.6 is 0 Å². The Bertz CT molecular complexity index is 3160. The predicted molar refractivity (Wildman–Crippen MR) is 230 cm³/mol. The number of nitrogens with zero attached hydrogens (tertiary/aromatic N) is 2. The lowest BCUT2D eigenvalue weighted by atomic mass is 9.70. The molecule has 0 amide bonds. The Balaban J connectivity index is 1.16. The molecule has 2 aliphatic carbocycles. The Morgan fingerprint density at radius 3 is 1.51 bits per heavy atom. The van der Waals surface area contributed by atoms with Crippen molar-refractivity contribution in [3.63, 3.8) is 0 Å². The number of hydrogen-bond acceptors (Lipinski definition) is 2. The van der Waals surface area contributed by atoms with Crippen LogP contribution in [0.1, 0.15) is 29.1 Å². The molecule has 2 heteroatoms. The second-order valence-electron chi connectivity index (χ2n) is 14.1. The van der Waals surface area contributed by atoms with Crippen molar-refractivity contribution in [2.24, 2.45) is 0 Å². The summed E-state index contributed by atoms with van der Waals surface area (Å²) < 4.78 is 43.5. The third-order valence-corrected chi connectivity index (χ3v) is 11.3. The minimum Gasteiger partial charge on any atom is -0.310 e. The first-order chi connectivity index (χ1) is 29.4. The molecular formula is C53H36N2. The minimum absolute atomic E-state index is 0.101. The summed E-state index contributed by atoms with van der Waals surface area (Å²) in [6.07, 6.45) is 0. The summed E-state index contributed by atoms with van der Waals surface area (Å²) in [4.78, 5) is 4.14. The van der Waals surface area contributed by atoms with E-state index in [1.165, 1.54) is 38.6 Å². The molecule has 9 aromatic rings. The van der Waals surface area contributed by atoms with Crippen LogP contribution in [-0.2, 0) is 5.41 Å². The summed E-state index contributed by atoms with van der Waals surface area (Å²) >= 11 is 0. The maximum Gasteiger partial charge on any atom is 0.0726 e. The molecule has 0 N–H and O–H groups in total. The van der Waals surface area contributed by atoms with Gasteiger partial charge in [-0.05, 0) is 128 Å². The molecule has 9 aromatic carbocycles. The van der Waals surface area contributed by atoms with Gasteiger partial charge in [0.2, 0.25) is 0 Å². The van der Waals surface area contributed by atoms with Gasteiger partial charge in [-0.2, -0.15) is 0 Å². The van der Waals surface area contributed by atoms with E-state index >= 15 is 0 Å². The zero-order valence-corrected chi connectivity index (χ0v) is 29.8. The highest BCUT2D eigenvalue weighted by Crippen LogP contribution is 2.64. The predicted octanol–water partition coefficient (Wildman–Crippen LogP) is 14.1. The molecule has 1 spiro atoms. The van der Waals surface area contributed by atoms with Crippen LogP contribution in [0.2, 0.25) is 0 Å². The summed E-state index contributed by atoms with van der Waals surface area (Å²) in [5.74, 6) is 0. The van der Waals surface area contributed by atoms with Gasteiger partial charge in [0.05, 0.1) is 12.3 Å². The van der Waals surface area contributed by atoms with E-state index in [9.17, 15) is 0 Å². The molecule has 55 heavy (non-hydrogen) atoms. The molecule has 0 aromatic heterocycles. The van der Waals surface area contributed by atoms with Gasteiger partial charge in [0.1, 0.15) is 0 Å². The van der Waals surface area contributed by atoms with Crippen molar-refractivity contribution in [2.75, 3.05) is 9.80 Å². The molecule has 0 bridgehead atoms. The smallest absolute Gasteiger partial charge is 0.0726 e. The summed E-state index contributed by atoms with van der Waals surface area (Å²) in [6.45, 7) is 0. The molecule has 2 aliphatic rings. The van der Waals surface area contributed by atoms with Gasteiger partial charge in [-0.1, -0.05) is 146 Å². The van der Waals surface area contributed by atoms with Crippen molar-refractivity contribution in [3.05, 3.63) is 241 Å². The first-order valence-corrected chi connectivity index (χ1v) is 18.6. The Kier molecular flexibility index (Phi) is 6.03. The van der Waals surface area contributed by atoms with Crippen molar-refractivity contribution in [3.8, 4) is 22.3 Å². The van der Waals surface area contributed by atoms with Gasteiger partial charge in [0, 0.05) is 34.1 Å². The fourth-order valence-corrected chi connectivity index (χ4v) is 9.08. The largest absolute Gasteiger partial charge is 0.310 e. The summed E-state index contributed by atoms with van der Waals surface area (Å²) in [5, 5.41) is 2.36. The Hall–Kier alpha value is -7.16. The van der Waals surface area contributed by atoms with E-state index in [4.69, 9.17) is 6.85 Å². The molecule has 0 aliphatic heterocycles. The maximum absolute atomic E-state index is 9.03. The van der Waals surface area contributed by atoms with Crippen LogP contribution in [0.5, 0.6) is 0 Å². The van der Waals surface area contributed by atoms with Crippen LogP contribution in [0.4, 0.5) is 34.1 Å². The van der Waals surface area contributed by atoms with E-state index in [2.05, 4.69) is 150 Å². The van der Waals surface area contributed by atoms with E-state index in [1.807, 2.05) is 42.5 Å². The molecule has 11 rings (SSSR count). The van der Waals surface area contributed by atoms with Gasteiger partial charge in [-0.3, -0.25) is 0 Å². The van der Waals surface area contributed by atoms with E-state index < -0.39 is 11.5 Å². The third-order valence-electron chi connectivity index (χ3n) is 11.3. The number of benzene rings is 9. The van der Waals surface area contributed by atoms with Crippen molar-refractivity contribution in [1.29, 1.82) is 0 Å². The quantitative estimate of drug-likeness (QED) is 0.170. The summed E-state index contributed by atoms with van der Waals surface area (Å²) in [6, 6.07) is 64.1. The van der Waals surface area contributed by atoms with Crippen LogP contribution < -0.4 is 9.80 Å². The zero-order valence-electron chi connectivity index (χ0n) is 34.8. The van der Waals surface area contributed by atoms with Crippen LogP contribution in [-0.4, -0.2) is 0 Å². The third kappa shape index (κ3) is 4.75. The van der Waals surface area contributed by atoms with Gasteiger partial charge in [-0.15, -0.1) is 0 Å². The van der Waals surface area contributed by atoms with Crippen molar-refractivity contribution < 1.29 is 6.85 Å². The molecule has 2 nitrogen and oxygen atoms in total. The van der Waals surface area contributed by atoms with Crippen molar-refractivity contribution in [2.45, 2.75) is 5.41 Å². The standard InChI is InChI=1S/C53H36N2/c1-4-18-39(19-5-1)54(40-20-6-2-7-21-40)43-31-33-51-48(35-43)46-25-13-15-27-50(46)53(51)49-26-14-12-24-45(49)47-32-30-44(36-52(47)53)55(41-22-8-3-9-23-41)42-29-28-37-16-10-11-17-38(37)34-42/h1-36H/i1D,4D,5D,18D,19D. The number of hydrogen-bond donors (Lipinski definition) is 0. The highest BCUT2D eigenvalue weighted by molar-refractivity contribution is 5.98. The van der Waals surface area contributed by atoms with E-state index in [-0.39, 0.29) is 29.9 Å². The Labute approximate surface area is 328 Å². The summed E-state index contributed by atoms with van der Waals surface area (Å²) in [5.41, 5.74) is 13.2. The molecule has 0 heterocycles. The lowest BCUT2D eigenvalue weighted by Gasteiger charge is -2.32. The van der Waals surface area contributed by atoms with Crippen LogP contribution in [0.25, 0.3) is 33.0 Å². The number of anilines is 6. The van der Waals surface area contributed by atoms with E-state index in [0.29, 0.717) is 11.4 Å². The fourth-order valence-electron chi connectivity index (χ4n) is 9.08. The van der Waals surface area contributed by atoms with Gasteiger partial charge in [-0.25, -0.2) is 0 Å². The second kappa shape index (κ2) is 12.5. The number of rotatable bonds is 6. The van der Waals surface area contributed by atoms with Crippen molar-refractivity contribution in [1.82, 2.24) is 0 Å². The van der Waals surface area contributed by atoms with Gasteiger partial charge < -0.3 is 9.80 Å². The van der Waals surface area contributed by atoms with Crippen LogP contribution in [0, 0.1) is 0 Å². The average molecular weight is 706 g/mol. The molecule has 0 saturated carbocycles. The monoisotopic (exact) mass is 705 g/mol. The Morgan fingerprint density at radius 1 is 0.309 bits per heavy atom. The second-order valence-corrected chi connectivity index (χ2v) is 14.1. The maximum atomic E-state index is 9.03. The average Bonchev–Trinajstić information content (AvgIpc) is 3.76.